The number of carboxylic acids is 1. The summed E-state index contributed by atoms with van der Waals surface area (Å²) >= 11 is 0. The summed E-state index contributed by atoms with van der Waals surface area (Å²) in [5.41, 5.74) is 13.4. The number of hydrogen-bond donors (Lipinski definition) is 14. The summed E-state index contributed by atoms with van der Waals surface area (Å²) in [6, 6.07) is 12.8. The SMILES string of the molecule is CCC[C@@H]1NC(=O)[C@H](Cc2ccc(O)cc2)NC(=O)[C@H](CC(=O)O)NC(=O)[C@H](CC(N)=O)NC(=O)[C@@H](Cc2ccccc2)NC(=O)[C@H](Cc2ccccc2)NC(=O)[C@@H]2CCCN2C(=O)[C@@H](Cc2ccc(O)cc2)NC(=O)[C@H](CC(C)C)NC(=O)[C@H](CCCN)NC1=O. The molecule has 0 spiro atoms. The zero-order valence-electron chi connectivity index (χ0n) is 51.7. The van der Waals surface area contributed by atoms with Crippen LogP contribution in [-0.4, -0.2) is 165 Å². The van der Waals surface area contributed by atoms with E-state index in [1.54, 1.807) is 93.6 Å². The molecule has 2 aliphatic rings. The van der Waals surface area contributed by atoms with Crippen molar-refractivity contribution in [2.45, 2.75) is 165 Å². The van der Waals surface area contributed by atoms with Gasteiger partial charge in [-0.1, -0.05) is 112 Å². The molecule has 2 fully saturated rings. The van der Waals surface area contributed by atoms with Crippen LogP contribution in [0.2, 0.25) is 0 Å². The number of carbonyl (C=O) groups is 12. The predicted molar refractivity (Wildman–Crippen MR) is 335 cm³/mol. The van der Waals surface area contributed by atoms with E-state index < -0.39 is 144 Å². The average molecular weight is 1270 g/mol. The Labute approximate surface area is 532 Å². The van der Waals surface area contributed by atoms with E-state index >= 15 is 4.79 Å². The van der Waals surface area contributed by atoms with Gasteiger partial charge >= 0.3 is 5.97 Å². The third kappa shape index (κ3) is 21.9. The number of nitrogens with zero attached hydrogens (tertiary/aromatic N) is 1. The molecule has 0 bridgehead atoms. The van der Waals surface area contributed by atoms with Crippen molar-refractivity contribution in [3.63, 3.8) is 0 Å². The molecule has 10 atom stereocenters. The zero-order chi connectivity index (χ0) is 67.0. The molecule has 6 rings (SSSR count). The number of phenols is 2. The van der Waals surface area contributed by atoms with Gasteiger partial charge in [0.15, 0.2) is 0 Å². The summed E-state index contributed by atoms with van der Waals surface area (Å²) in [5, 5.41) is 53.9. The zero-order valence-corrected chi connectivity index (χ0v) is 51.7. The van der Waals surface area contributed by atoms with Crippen molar-refractivity contribution in [2.24, 2.45) is 17.4 Å². The highest BCUT2D eigenvalue weighted by molar-refractivity contribution is 6.01. The Balaban J connectivity index is 1.46. The minimum Gasteiger partial charge on any atom is -0.508 e. The minimum absolute atomic E-state index is 0.0241. The van der Waals surface area contributed by atoms with Crippen molar-refractivity contribution < 1.29 is 72.9 Å². The number of aliphatic carboxylic acids is 1. The number of fused-ring (bicyclic) bond motifs is 1. The van der Waals surface area contributed by atoms with Gasteiger partial charge in [0.05, 0.1) is 12.8 Å². The third-order valence-corrected chi connectivity index (χ3v) is 15.6. The molecule has 494 valence electrons. The number of nitrogens with two attached hydrogens (primary N) is 2. The van der Waals surface area contributed by atoms with E-state index in [0.717, 1.165) is 0 Å². The molecule has 4 aromatic carbocycles. The number of carbonyl (C=O) groups excluding carboxylic acids is 11. The molecule has 0 unspecified atom stereocenters. The highest BCUT2D eigenvalue weighted by Gasteiger charge is 2.42. The number of rotatable bonds is 19. The Morgan fingerprint density at radius 1 is 0.478 bits per heavy atom. The molecule has 2 aliphatic heterocycles. The standard InChI is InChI=1S/C65H84N12O15/c1-4-13-44-56(83)69-45(18-11-28-66)57(84)70-46(30-37(2)3)58(85)76-52(34-41-22-26-43(79)27-23-41)65(92)77-29-12-19-53(77)64(91)75-49(32-39-16-9-6-10-17-39)61(88)71-47(31-38-14-7-5-8-15-38)60(87)73-50(35-54(67)80)62(89)74-51(36-55(81)82)63(90)72-48(59(86)68-44)33-40-20-24-42(78)25-21-40/h5-10,14-17,20-27,37,44-53,78-79H,4,11-13,18-19,28-36,66H2,1-3H3,(H2,67,80)(H,68,86)(H,69,83)(H,70,84)(H,71,88)(H,72,90)(H,73,87)(H,74,89)(H,75,91)(H,76,85)(H,81,82)/t44-,45-,46-,47+,48-,49-,50-,51-,52+,53-/m0/s1. The first-order valence-electron chi connectivity index (χ1n) is 30.8. The maximum Gasteiger partial charge on any atom is 0.305 e. The molecule has 27 nitrogen and oxygen atoms in total. The van der Waals surface area contributed by atoms with Crippen molar-refractivity contribution >= 4 is 70.9 Å². The second kappa shape index (κ2) is 34.9. The van der Waals surface area contributed by atoms with Crippen LogP contribution < -0.4 is 59.3 Å². The molecule has 2 saturated heterocycles. The Morgan fingerprint density at radius 2 is 0.837 bits per heavy atom. The minimum atomic E-state index is -2.03. The normalized spacial score (nSPS) is 23.9. The van der Waals surface area contributed by atoms with Crippen LogP contribution >= 0.6 is 0 Å². The molecule has 4 aromatic rings. The number of phenolic OH excluding ortho intramolecular Hbond substituents is 2. The maximum absolute atomic E-state index is 15.1. The highest BCUT2D eigenvalue weighted by Crippen LogP contribution is 2.23. The van der Waals surface area contributed by atoms with Crippen LogP contribution in [0.25, 0.3) is 0 Å². The summed E-state index contributed by atoms with van der Waals surface area (Å²) in [7, 11) is 0. The molecule has 0 saturated carbocycles. The number of carboxylic acid groups (broad SMARTS) is 1. The Morgan fingerprint density at radius 3 is 1.27 bits per heavy atom. The first-order valence-corrected chi connectivity index (χ1v) is 30.8. The second-order valence-electron chi connectivity index (χ2n) is 23.5. The van der Waals surface area contributed by atoms with Gasteiger partial charge in [-0.05, 0) is 97.5 Å². The number of benzene rings is 4. The summed E-state index contributed by atoms with van der Waals surface area (Å²) in [6.07, 6.45) is -2.14. The molecule has 2 heterocycles. The van der Waals surface area contributed by atoms with Gasteiger partial charge in [-0.15, -0.1) is 0 Å². The summed E-state index contributed by atoms with van der Waals surface area (Å²) in [6.45, 7) is 5.40. The molecular formula is C65H84N12O15. The summed E-state index contributed by atoms with van der Waals surface area (Å²) in [5.74, 6) is -12.7. The van der Waals surface area contributed by atoms with Crippen LogP contribution in [0.5, 0.6) is 11.5 Å². The van der Waals surface area contributed by atoms with Gasteiger partial charge in [0.25, 0.3) is 0 Å². The first-order chi connectivity index (χ1) is 43.9. The molecule has 0 radical (unpaired) electrons. The van der Waals surface area contributed by atoms with Crippen LogP contribution in [0.15, 0.2) is 109 Å². The van der Waals surface area contributed by atoms with Gasteiger partial charge in [-0.3, -0.25) is 57.5 Å². The molecule has 0 aromatic heterocycles. The third-order valence-electron chi connectivity index (χ3n) is 15.6. The monoisotopic (exact) mass is 1270 g/mol. The summed E-state index contributed by atoms with van der Waals surface area (Å²) in [4.78, 5) is 173. The van der Waals surface area contributed by atoms with E-state index in [4.69, 9.17) is 11.5 Å². The van der Waals surface area contributed by atoms with Crippen molar-refractivity contribution in [2.75, 3.05) is 13.1 Å². The summed E-state index contributed by atoms with van der Waals surface area (Å²) < 4.78 is 0. The quantitative estimate of drug-likeness (QED) is 0.0572. The first kappa shape index (κ1) is 71.2. The molecule has 11 amide bonds. The number of aromatic hydroxyl groups is 2. The van der Waals surface area contributed by atoms with Gasteiger partial charge in [-0.2, -0.15) is 0 Å². The van der Waals surface area contributed by atoms with Gasteiger partial charge in [-0.25, -0.2) is 0 Å². The van der Waals surface area contributed by atoms with Crippen LogP contribution in [-0.2, 0) is 83.2 Å². The molecule has 27 heteroatoms. The van der Waals surface area contributed by atoms with Crippen LogP contribution in [0.3, 0.4) is 0 Å². The van der Waals surface area contributed by atoms with Gasteiger partial charge in [0.2, 0.25) is 65.0 Å². The average Bonchev–Trinajstić information content (AvgIpc) is 1.98. The number of nitrogens with one attached hydrogen (secondary N) is 9. The number of hydrogen-bond acceptors (Lipinski definition) is 15. The Kier molecular flexibility index (Phi) is 27.0. The van der Waals surface area contributed by atoms with E-state index in [-0.39, 0.29) is 94.7 Å². The second-order valence-corrected chi connectivity index (χ2v) is 23.5. The van der Waals surface area contributed by atoms with Gasteiger partial charge in [0.1, 0.15) is 71.9 Å². The van der Waals surface area contributed by atoms with Gasteiger partial charge < -0.3 is 79.5 Å². The Hall–Kier alpha value is -9.92. The van der Waals surface area contributed by atoms with Crippen molar-refractivity contribution in [1.29, 1.82) is 0 Å². The lowest BCUT2D eigenvalue weighted by atomic mass is 9.99. The largest absolute Gasteiger partial charge is 0.508 e. The lowest BCUT2D eigenvalue weighted by Gasteiger charge is -2.31. The predicted octanol–water partition coefficient (Wildman–Crippen LogP) is -0.329. The van der Waals surface area contributed by atoms with Crippen molar-refractivity contribution in [1.82, 2.24) is 52.8 Å². The van der Waals surface area contributed by atoms with Crippen LogP contribution in [0.4, 0.5) is 0 Å². The Bertz CT molecular complexity index is 3230. The molecule has 16 N–H and O–H groups in total. The van der Waals surface area contributed by atoms with Crippen molar-refractivity contribution in [3.05, 3.63) is 131 Å². The fourth-order valence-corrected chi connectivity index (χ4v) is 10.9. The molecule has 92 heavy (non-hydrogen) atoms. The van der Waals surface area contributed by atoms with Crippen molar-refractivity contribution in [3.8, 4) is 11.5 Å². The number of primary amides is 1. The highest BCUT2D eigenvalue weighted by atomic mass is 16.4. The van der Waals surface area contributed by atoms with Gasteiger partial charge in [0, 0.05) is 32.2 Å². The lowest BCUT2D eigenvalue weighted by molar-refractivity contribution is -0.142. The molecular weight excluding hydrogens is 1190 g/mol. The lowest BCUT2D eigenvalue weighted by Crippen LogP contribution is -2.62. The van der Waals surface area contributed by atoms with Crippen LogP contribution in [0, 0.1) is 5.92 Å². The van der Waals surface area contributed by atoms with Crippen LogP contribution in [0.1, 0.15) is 101 Å². The van der Waals surface area contributed by atoms with E-state index in [0.29, 0.717) is 28.7 Å². The smallest absolute Gasteiger partial charge is 0.305 e. The fraction of sp³-hybridized carbons (Fsp3) is 0.446. The maximum atomic E-state index is 15.1. The van der Waals surface area contributed by atoms with E-state index in [2.05, 4.69) is 47.9 Å². The van der Waals surface area contributed by atoms with E-state index in [9.17, 15) is 68.1 Å². The van der Waals surface area contributed by atoms with E-state index in [1.807, 2.05) is 0 Å². The fourth-order valence-electron chi connectivity index (χ4n) is 10.9. The molecule has 0 aliphatic carbocycles. The topological polar surface area (TPSA) is 429 Å². The number of amides is 11. The van der Waals surface area contributed by atoms with E-state index in [1.165, 1.54) is 41.3 Å².